The maximum atomic E-state index is 11.1. The summed E-state index contributed by atoms with van der Waals surface area (Å²) in [6.45, 7) is 3.58. The van der Waals surface area contributed by atoms with Gasteiger partial charge in [-0.1, -0.05) is 11.3 Å². The van der Waals surface area contributed by atoms with Gasteiger partial charge in [-0.05, 0) is 29.8 Å². The lowest BCUT2D eigenvalue weighted by Crippen LogP contribution is -2.17. The second-order valence-electron chi connectivity index (χ2n) is 2.55. The van der Waals surface area contributed by atoms with Crippen LogP contribution in [0.4, 0.5) is 9.93 Å². The molecule has 13 heavy (non-hydrogen) atoms. The number of ether oxygens (including phenoxy) is 1. The van der Waals surface area contributed by atoms with E-state index in [9.17, 15) is 4.79 Å². The zero-order valence-corrected chi connectivity index (χ0v) is 9.61. The number of anilines is 1. The summed E-state index contributed by atoms with van der Waals surface area (Å²) in [5, 5.41) is 3.04. The van der Waals surface area contributed by atoms with E-state index in [1.165, 1.54) is 11.3 Å². The molecule has 0 bridgehead atoms. The molecule has 4 nitrogen and oxygen atoms in total. The van der Waals surface area contributed by atoms with E-state index in [1.807, 2.05) is 0 Å². The molecule has 0 aromatic carbocycles. The Kier molecular flexibility index (Phi) is 3.68. The molecule has 0 saturated carbocycles. The third kappa shape index (κ3) is 3.73. The molecule has 1 rings (SSSR count). The highest BCUT2D eigenvalue weighted by Gasteiger charge is 2.07. The van der Waals surface area contributed by atoms with E-state index in [4.69, 9.17) is 4.74 Å². The van der Waals surface area contributed by atoms with Gasteiger partial charge in [-0.25, -0.2) is 9.78 Å². The van der Waals surface area contributed by atoms with Gasteiger partial charge in [-0.3, -0.25) is 5.32 Å². The molecule has 0 aliphatic heterocycles. The van der Waals surface area contributed by atoms with Gasteiger partial charge in [0, 0.05) is 0 Å². The Morgan fingerprint density at radius 3 is 2.92 bits per heavy atom. The van der Waals surface area contributed by atoms with Gasteiger partial charge >= 0.3 is 6.09 Å². The van der Waals surface area contributed by atoms with Crippen molar-refractivity contribution in [3.05, 3.63) is 9.98 Å². The number of nitrogens with one attached hydrogen (secondary N) is 1. The molecule has 0 aliphatic carbocycles. The normalized spacial score (nSPS) is 10.2. The predicted octanol–water partition coefficient (Wildman–Crippen LogP) is 2.86. The third-order valence-corrected chi connectivity index (χ3v) is 2.42. The SMILES string of the molecule is CC(C)OC(=O)Nc1ncc(Br)s1. The van der Waals surface area contributed by atoms with Crippen LogP contribution >= 0.6 is 27.3 Å². The molecule has 1 amide bonds. The second kappa shape index (κ2) is 4.57. The molecule has 0 unspecified atom stereocenters. The fourth-order valence-corrected chi connectivity index (χ4v) is 1.74. The van der Waals surface area contributed by atoms with Crippen LogP contribution in [-0.4, -0.2) is 17.2 Å². The van der Waals surface area contributed by atoms with E-state index >= 15 is 0 Å². The minimum absolute atomic E-state index is 0.122. The van der Waals surface area contributed by atoms with Crippen molar-refractivity contribution in [2.24, 2.45) is 0 Å². The van der Waals surface area contributed by atoms with Crippen molar-refractivity contribution in [3.63, 3.8) is 0 Å². The molecular weight excluding hydrogens is 256 g/mol. The lowest BCUT2D eigenvalue weighted by molar-refractivity contribution is 0.130. The highest BCUT2D eigenvalue weighted by atomic mass is 79.9. The molecule has 0 spiro atoms. The van der Waals surface area contributed by atoms with E-state index in [0.717, 1.165) is 3.79 Å². The number of rotatable bonds is 2. The minimum atomic E-state index is -0.475. The smallest absolute Gasteiger partial charge is 0.413 e. The van der Waals surface area contributed by atoms with E-state index in [1.54, 1.807) is 20.0 Å². The van der Waals surface area contributed by atoms with Crippen molar-refractivity contribution >= 4 is 38.5 Å². The number of amides is 1. The van der Waals surface area contributed by atoms with E-state index < -0.39 is 6.09 Å². The monoisotopic (exact) mass is 264 g/mol. The second-order valence-corrected chi connectivity index (χ2v) is 4.96. The molecule has 1 aromatic heterocycles. The van der Waals surface area contributed by atoms with Gasteiger partial charge in [-0.2, -0.15) is 0 Å². The molecule has 0 radical (unpaired) electrons. The van der Waals surface area contributed by atoms with Crippen molar-refractivity contribution < 1.29 is 9.53 Å². The van der Waals surface area contributed by atoms with Gasteiger partial charge in [0.2, 0.25) is 0 Å². The van der Waals surface area contributed by atoms with Crippen LogP contribution in [0.25, 0.3) is 0 Å². The summed E-state index contributed by atoms with van der Waals surface area (Å²) in [6, 6.07) is 0. The summed E-state index contributed by atoms with van der Waals surface area (Å²) in [7, 11) is 0. The van der Waals surface area contributed by atoms with Crippen LogP contribution in [0.3, 0.4) is 0 Å². The first-order valence-electron chi connectivity index (χ1n) is 3.67. The summed E-state index contributed by atoms with van der Waals surface area (Å²) >= 11 is 4.57. The first kappa shape index (κ1) is 10.5. The molecule has 1 aromatic rings. The van der Waals surface area contributed by atoms with Gasteiger partial charge < -0.3 is 4.74 Å². The van der Waals surface area contributed by atoms with Gasteiger partial charge in [0.25, 0.3) is 0 Å². The summed E-state index contributed by atoms with van der Waals surface area (Å²) in [5.41, 5.74) is 0. The quantitative estimate of drug-likeness (QED) is 0.894. The van der Waals surface area contributed by atoms with Crippen LogP contribution in [0.1, 0.15) is 13.8 Å². The van der Waals surface area contributed by atoms with Crippen LogP contribution in [0.5, 0.6) is 0 Å². The highest BCUT2D eigenvalue weighted by molar-refractivity contribution is 9.11. The van der Waals surface area contributed by atoms with Crippen LogP contribution in [-0.2, 0) is 4.74 Å². The van der Waals surface area contributed by atoms with Gasteiger partial charge in [0.05, 0.1) is 16.1 Å². The molecule has 72 valence electrons. The van der Waals surface area contributed by atoms with Crippen LogP contribution in [0.15, 0.2) is 9.98 Å². The largest absolute Gasteiger partial charge is 0.447 e. The van der Waals surface area contributed by atoms with Crippen molar-refractivity contribution in [3.8, 4) is 0 Å². The topological polar surface area (TPSA) is 51.2 Å². The Morgan fingerprint density at radius 1 is 1.77 bits per heavy atom. The maximum absolute atomic E-state index is 11.1. The Labute approximate surface area is 88.4 Å². The molecule has 1 N–H and O–H groups in total. The first-order valence-corrected chi connectivity index (χ1v) is 5.28. The number of hydrogen-bond donors (Lipinski definition) is 1. The fraction of sp³-hybridized carbons (Fsp3) is 0.429. The third-order valence-electron chi connectivity index (χ3n) is 1.03. The van der Waals surface area contributed by atoms with Crippen LogP contribution in [0.2, 0.25) is 0 Å². The molecule has 0 saturated heterocycles. The van der Waals surface area contributed by atoms with Crippen molar-refractivity contribution in [1.29, 1.82) is 0 Å². The van der Waals surface area contributed by atoms with Gasteiger partial charge in [0.1, 0.15) is 0 Å². The average Bonchev–Trinajstić information content (AvgIpc) is 2.33. The summed E-state index contributed by atoms with van der Waals surface area (Å²) < 4.78 is 5.73. The van der Waals surface area contributed by atoms with E-state index in [-0.39, 0.29) is 6.10 Å². The Balaban J connectivity index is 2.45. The number of carbonyl (C=O) groups excluding carboxylic acids is 1. The van der Waals surface area contributed by atoms with E-state index in [0.29, 0.717) is 5.13 Å². The van der Waals surface area contributed by atoms with Crippen molar-refractivity contribution in [2.45, 2.75) is 20.0 Å². The maximum Gasteiger partial charge on any atom is 0.413 e. The molecule has 0 atom stereocenters. The summed E-state index contributed by atoms with van der Waals surface area (Å²) in [6.07, 6.45) is 1.02. The zero-order chi connectivity index (χ0) is 9.84. The molecular formula is C7H9BrN2O2S. The number of halogens is 1. The lowest BCUT2D eigenvalue weighted by atomic mass is 10.5. The van der Waals surface area contributed by atoms with Crippen LogP contribution in [0, 0.1) is 0 Å². The number of nitrogens with zero attached hydrogens (tertiary/aromatic N) is 1. The van der Waals surface area contributed by atoms with Crippen molar-refractivity contribution in [2.75, 3.05) is 5.32 Å². The number of carbonyl (C=O) groups is 1. The number of aromatic nitrogens is 1. The minimum Gasteiger partial charge on any atom is -0.447 e. The van der Waals surface area contributed by atoms with Gasteiger partial charge in [-0.15, -0.1) is 0 Å². The number of hydrogen-bond acceptors (Lipinski definition) is 4. The standard InChI is InChI=1S/C7H9BrN2O2S/c1-4(2)12-7(11)10-6-9-3-5(8)13-6/h3-4H,1-2H3,(H,9,10,11). The Morgan fingerprint density at radius 2 is 2.46 bits per heavy atom. The first-order chi connectivity index (χ1) is 6.08. The fourth-order valence-electron chi connectivity index (χ4n) is 0.643. The molecule has 0 fully saturated rings. The molecule has 0 aliphatic rings. The Bertz CT molecular complexity index is 300. The number of thiazole rings is 1. The summed E-state index contributed by atoms with van der Waals surface area (Å²) in [5.74, 6) is 0. The molecule has 6 heteroatoms. The Hall–Kier alpha value is -0.620. The zero-order valence-electron chi connectivity index (χ0n) is 7.20. The molecule has 1 heterocycles. The average molecular weight is 265 g/mol. The predicted molar refractivity (Wildman–Crippen MR) is 55.1 cm³/mol. The summed E-state index contributed by atoms with van der Waals surface area (Å²) in [4.78, 5) is 15.0. The van der Waals surface area contributed by atoms with Crippen molar-refractivity contribution in [1.82, 2.24) is 4.98 Å². The lowest BCUT2D eigenvalue weighted by Gasteiger charge is -2.06. The highest BCUT2D eigenvalue weighted by Crippen LogP contribution is 2.23. The van der Waals surface area contributed by atoms with E-state index in [2.05, 4.69) is 26.2 Å². The van der Waals surface area contributed by atoms with Gasteiger partial charge in [0.15, 0.2) is 5.13 Å². The van der Waals surface area contributed by atoms with Crippen LogP contribution < -0.4 is 5.32 Å².